The molecule has 1 nitrogen and oxygen atoms in total. The monoisotopic (exact) mass is 291 g/mol. The third kappa shape index (κ3) is 1.60. The summed E-state index contributed by atoms with van der Waals surface area (Å²) >= 11 is 0. The third-order valence-corrected chi connectivity index (χ3v) is 6.34. The van der Waals surface area contributed by atoms with Crippen molar-refractivity contribution in [3.63, 3.8) is 0 Å². The minimum absolute atomic E-state index is 0.182. The quantitative estimate of drug-likeness (QED) is 0.648. The summed E-state index contributed by atoms with van der Waals surface area (Å²) < 4.78 is 0. The number of rotatable bonds is 1. The number of fused-ring (bicyclic) bond motifs is 3. The molecule has 22 heavy (non-hydrogen) atoms. The Kier molecular flexibility index (Phi) is 2.91. The first kappa shape index (κ1) is 13.9. The average molecular weight is 291 g/mol. The van der Waals surface area contributed by atoms with Crippen LogP contribution in [0.5, 0.6) is 0 Å². The molecule has 114 valence electrons. The van der Waals surface area contributed by atoms with Crippen molar-refractivity contribution in [2.24, 2.45) is 0 Å². The van der Waals surface area contributed by atoms with E-state index in [2.05, 4.69) is 74.2 Å². The van der Waals surface area contributed by atoms with E-state index in [4.69, 9.17) is 0 Å². The largest absolute Gasteiger partial charge is 0.334 e. The smallest absolute Gasteiger partial charge is 0.0518 e. The highest BCUT2D eigenvalue weighted by atomic mass is 15.3. The van der Waals surface area contributed by atoms with E-state index in [0.29, 0.717) is 0 Å². The molecule has 0 radical (unpaired) electrons. The average Bonchev–Trinajstić information content (AvgIpc) is 2.74. The van der Waals surface area contributed by atoms with Crippen LogP contribution in [0.15, 0.2) is 48.5 Å². The molecular weight excluding hydrogens is 266 g/mol. The molecule has 1 heterocycles. The van der Waals surface area contributed by atoms with Gasteiger partial charge < -0.3 is 4.90 Å². The van der Waals surface area contributed by atoms with Crippen LogP contribution in [0.3, 0.4) is 0 Å². The Morgan fingerprint density at radius 2 is 1.59 bits per heavy atom. The van der Waals surface area contributed by atoms with Gasteiger partial charge in [0.05, 0.1) is 5.54 Å². The maximum absolute atomic E-state index is 2.65. The Balaban J connectivity index is 2.02. The highest BCUT2D eigenvalue weighted by Gasteiger charge is 2.57. The summed E-state index contributed by atoms with van der Waals surface area (Å²) in [6, 6.07) is 17.8. The van der Waals surface area contributed by atoms with Gasteiger partial charge in [0.15, 0.2) is 0 Å². The Bertz CT molecular complexity index is 705. The molecule has 1 aliphatic heterocycles. The topological polar surface area (TPSA) is 3.24 Å². The van der Waals surface area contributed by atoms with Gasteiger partial charge in [-0.3, -0.25) is 0 Å². The highest BCUT2D eigenvalue weighted by Crippen LogP contribution is 2.61. The van der Waals surface area contributed by atoms with Gasteiger partial charge in [-0.25, -0.2) is 0 Å². The van der Waals surface area contributed by atoms with Gasteiger partial charge in [-0.05, 0) is 49.9 Å². The Hall–Kier alpha value is -1.76. The van der Waals surface area contributed by atoms with Crippen molar-refractivity contribution in [3.8, 4) is 0 Å². The maximum atomic E-state index is 2.65. The molecule has 2 unspecified atom stereocenters. The summed E-state index contributed by atoms with van der Waals surface area (Å²) in [7, 11) is 0. The summed E-state index contributed by atoms with van der Waals surface area (Å²) in [5.74, 6) is 0. The van der Waals surface area contributed by atoms with Crippen molar-refractivity contribution in [3.05, 3.63) is 59.7 Å². The van der Waals surface area contributed by atoms with Crippen molar-refractivity contribution in [1.82, 2.24) is 0 Å². The summed E-state index contributed by atoms with van der Waals surface area (Å²) in [4.78, 5) is 2.65. The highest BCUT2D eigenvalue weighted by molar-refractivity contribution is 5.79. The fraction of sp³-hybridized carbons (Fsp3) is 0.429. The van der Waals surface area contributed by atoms with Crippen LogP contribution < -0.4 is 4.90 Å². The number of aryl methyl sites for hydroxylation is 1. The van der Waals surface area contributed by atoms with Crippen molar-refractivity contribution in [1.29, 1.82) is 0 Å². The van der Waals surface area contributed by atoms with Gasteiger partial charge in [0.1, 0.15) is 0 Å². The summed E-state index contributed by atoms with van der Waals surface area (Å²) in [6.45, 7) is 7.24. The number of hydrogen-bond donors (Lipinski definition) is 0. The first-order valence-corrected chi connectivity index (χ1v) is 8.53. The van der Waals surface area contributed by atoms with Crippen LogP contribution in [-0.4, -0.2) is 5.54 Å². The zero-order valence-corrected chi connectivity index (χ0v) is 13.9. The van der Waals surface area contributed by atoms with Crippen molar-refractivity contribution in [2.45, 2.75) is 57.4 Å². The molecule has 1 saturated carbocycles. The molecule has 2 atom stereocenters. The maximum Gasteiger partial charge on any atom is 0.0518 e. The molecule has 0 amide bonds. The molecule has 0 bridgehead atoms. The van der Waals surface area contributed by atoms with Gasteiger partial charge in [0.25, 0.3) is 0 Å². The zero-order valence-electron chi connectivity index (χ0n) is 13.9. The lowest BCUT2D eigenvalue weighted by Gasteiger charge is -2.50. The van der Waals surface area contributed by atoms with Crippen molar-refractivity contribution < 1.29 is 0 Å². The predicted octanol–water partition coefficient (Wildman–Crippen LogP) is 5.74. The lowest BCUT2D eigenvalue weighted by molar-refractivity contribution is 0.195. The van der Waals surface area contributed by atoms with Crippen LogP contribution in [0.25, 0.3) is 0 Å². The number of para-hydroxylation sites is 2. The molecule has 1 fully saturated rings. The van der Waals surface area contributed by atoms with Crippen molar-refractivity contribution in [2.75, 3.05) is 4.90 Å². The van der Waals surface area contributed by atoms with Gasteiger partial charge in [-0.15, -0.1) is 0 Å². The van der Waals surface area contributed by atoms with E-state index >= 15 is 0 Å². The van der Waals surface area contributed by atoms with E-state index in [0.717, 1.165) is 0 Å². The Morgan fingerprint density at radius 3 is 2.36 bits per heavy atom. The molecule has 2 aromatic rings. The van der Waals surface area contributed by atoms with E-state index in [1.807, 2.05) is 0 Å². The standard InChI is InChI=1S/C21H25N/c1-16-10-9-13-18-19(16)22(17-11-5-4-6-12-17)21(3)15-8-7-14-20(18,21)2/h4-6,9-13H,7-8,14-15H2,1-3H3. The molecular formula is C21H25N. The fourth-order valence-corrected chi connectivity index (χ4v) is 4.92. The molecule has 4 rings (SSSR count). The van der Waals surface area contributed by atoms with Gasteiger partial charge in [0, 0.05) is 16.8 Å². The number of anilines is 2. The van der Waals surface area contributed by atoms with Crippen LogP contribution in [0.1, 0.15) is 50.7 Å². The summed E-state index contributed by atoms with van der Waals surface area (Å²) in [5, 5.41) is 0. The van der Waals surface area contributed by atoms with Crippen molar-refractivity contribution >= 4 is 11.4 Å². The van der Waals surface area contributed by atoms with Crippen LogP contribution >= 0.6 is 0 Å². The molecule has 1 aliphatic carbocycles. The third-order valence-electron chi connectivity index (χ3n) is 6.34. The van der Waals surface area contributed by atoms with Crippen LogP contribution in [0.4, 0.5) is 11.4 Å². The predicted molar refractivity (Wildman–Crippen MR) is 94.0 cm³/mol. The van der Waals surface area contributed by atoms with E-state index in [1.165, 1.54) is 42.6 Å². The molecule has 0 N–H and O–H groups in total. The van der Waals surface area contributed by atoms with Gasteiger partial charge >= 0.3 is 0 Å². The second kappa shape index (κ2) is 4.62. The Labute approximate surface area is 134 Å². The van der Waals surface area contributed by atoms with E-state index in [1.54, 1.807) is 5.56 Å². The van der Waals surface area contributed by atoms with Crippen LogP contribution in [-0.2, 0) is 5.41 Å². The molecule has 0 spiro atoms. The fourth-order valence-electron chi connectivity index (χ4n) is 4.92. The lowest BCUT2D eigenvalue weighted by Crippen LogP contribution is -2.54. The minimum atomic E-state index is 0.182. The molecule has 0 aromatic heterocycles. The van der Waals surface area contributed by atoms with E-state index < -0.39 is 0 Å². The van der Waals surface area contributed by atoms with Crippen LogP contribution in [0, 0.1) is 6.92 Å². The number of benzene rings is 2. The van der Waals surface area contributed by atoms with Gasteiger partial charge in [0.2, 0.25) is 0 Å². The van der Waals surface area contributed by atoms with E-state index in [9.17, 15) is 0 Å². The first-order chi connectivity index (χ1) is 10.6. The Morgan fingerprint density at radius 1 is 0.864 bits per heavy atom. The lowest BCUT2D eigenvalue weighted by atomic mass is 9.61. The molecule has 1 heteroatoms. The molecule has 2 aromatic carbocycles. The molecule has 0 saturated heterocycles. The summed E-state index contributed by atoms with van der Waals surface area (Å²) in [5.41, 5.74) is 6.19. The van der Waals surface area contributed by atoms with Crippen LogP contribution in [0.2, 0.25) is 0 Å². The first-order valence-electron chi connectivity index (χ1n) is 8.53. The summed E-state index contributed by atoms with van der Waals surface area (Å²) in [6.07, 6.45) is 5.25. The SMILES string of the molecule is Cc1cccc2c1N(c1ccccc1)C1(C)CCCCC21C. The van der Waals surface area contributed by atoms with Gasteiger partial charge in [-0.2, -0.15) is 0 Å². The normalized spacial score (nSPS) is 30.0. The molecule has 2 aliphatic rings. The second-order valence-corrected chi connectivity index (χ2v) is 7.46. The number of hydrogen-bond acceptors (Lipinski definition) is 1. The zero-order chi connectivity index (χ0) is 15.4. The minimum Gasteiger partial charge on any atom is -0.334 e. The van der Waals surface area contributed by atoms with Gasteiger partial charge in [-0.1, -0.05) is 56.2 Å². The number of nitrogens with zero attached hydrogens (tertiary/aromatic N) is 1. The van der Waals surface area contributed by atoms with E-state index in [-0.39, 0.29) is 11.0 Å². The second-order valence-electron chi connectivity index (χ2n) is 7.46.